The number of anilines is 2. The molecule has 0 fully saturated rings. The molecule has 0 bridgehead atoms. The molecule has 0 unspecified atom stereocenters. The van der Waals surface area contributed by atoms with Crippen molar-refractivity contribution in [3.8, 4) is 0 Å². The van der Waals surface area contributed by atoms with E-state index < -0.39 is 21.7 Å². The summed E-state index contributed by atoms with van der Waals surface area (Å²) in [5.41, 5.74) is 1.40. The molecule has 1 aromatic heterocycles. The molecule has 3 rings (SSSR count). The highest BCUT2D eigenvalue weighted by Crippen LogP contribution is 2.23. The zero-order valence-corrected chi connectivity index (χ0v) is 19.2. The SMILES string of the molecule is Cc1ccc(F)cc1NC(=O)CSc1nnc(CN(c2ccc(F)cc2)S(C)(=O)=O)n1C. The van der Waals surface area contributed by atoms with Gasteiger partial charge in [-0.05, 0) is 48.9 Å². The van der Waals surface area contributed by atoms with Gasteiger partial charge >= 0.3 is 0 Å². The van der Waals surface area contributed by atoms with E-state index in [0.29, 0.717) is 16.7 Å². The second-order valence-electron chi connectivity index (χ2n) is 7.00. The summed E-state index contributed by atoms with van der Waals surface area (Å²) in [6.07, 6.45) is 1.04. The Labute approximate surface area is 188 Å². The fourth-order valence-electron chi connectivity index (χ4n) is 2.79. The Morgan fingerprint density at radius 2 is 1.78 bits per heavy atom. The lowest BCUT2D eigenvalue weighted by Crippen LogP contribution is -2.30. The number of nitrogens with one attached hydrogen (secondary N) is 1. The summed E-state index contributed by atoms with van der Waals surface area (Å²) in [4.78, 5) is 12.3. The Hall–Kier alpha value is -2.99. The number of aromatic nitrogens is 3. The number of thioether (sulfide) groups is 1. The normalized spacial score (nSPS) is 11.4. The third kappa shape index (κ3) is 5.82. The number of nitrogens with zero attached hydrogens (tertiary/aromatic N) is 4. The van der Waals surface area contributed by atoms with Crippen LogP contribution in [0, 0.1) is 18.6 Å². The number of carbonyl (C=O) groups excluding carboxylic acids is 1. The van der Waals surface area contributed by atoms with E-state index in [-0.39, 0.29) is 23.9 Å². The average Bonchev–Trinajstić information content (AvgIpc) is 3.07. The van der Waals surface area contributed by atoms with Crippen LogP contribution in [0.15, 0.2) is 47.6 Å². The molecule has 32 heavy (non-hydrogen) atoms. The molecule has 1 heterocycles. The molecule has 3 aromatic rings. The van der Waals surface area contributed by atoms with Gasteiger partial charge in [0.25, 0.3) is 0 Å². The Kier molecular flexibility index (Phi) is 7.14. The topological polar surface area (TPSA) is 97.2 Å². The van der Waals surface area contributed by atoms with Crippen LogP contribution in [0.2, 0.25) is 0 Å². The van der Waals surface area contributed by atoms with Gasteiger partial charge in [-0.15, -0.1) is 10.2 Å². The molecule has 0 radical (unpaired) electrons. The molecule has 0 spiro atoms. The van der Waals surface area contributed by atoms with Gasteiger partial charge in [-0.1, -0.05) is 17.8 Å². The monoisotopic (exact) mass is 481 g/mol. The molecule has 0 saturated heterocycles. The van der Waals surface area contributed by atoms with Gasteiger partial charge in [0.1, 0.15) is 11.6 Å². The van der Waals surface area contributed by atoms with Crippen molar-refractivity contribution in [1.82, 2.24) is 14.8 Å². The van der Waals surface area contributed by atoms with Crippen LogP contribution in [0.3, 0.4) is 0 Å². The predicted molar refractivity (Wildman–Crippen MR) is 119 cm³/mol. The Morgan fingerprint density at radius 1 is 1.12 bits per heavy atom. The molecule has 0 aliphatic carbocycles. The first-order chi connectivity index (χ1) is 15.0. The molecule has 0 aliphatic rings. The van der Waals surface area contributed by atoms with Crippen LogP contribution in [0.1, 0.15) is 11.4 Å². The molecule has 8 nitrogen and oxygen atoms in total. The summed E-state index contributed by atoms with van der Waals surface area (Å²) in [6, 6.07) is 9.19. The highest BCUT2D eigenvalue weighted by Gasteiger charge is 2.22. The van der Waals surface area contributed by atoms with Gasteiger partial charge in [0.05, 0.1) is 24.2 Å². The van der Waals surface area contributed by atoms with Crippen LogP contribution >= 0.6 is 11.8 Å². The van der Waals surface area contributed by atoms with Crippen LogP contribution in [-0.4, -0.2) is 41.1 Å². The number of rotatable bonds is 8. The molecule has 2 aromatic carbocycles. The average molecular weight is 482 g/mol. The van der Waals surface area contributed by atoms with Crippen molar-refractivity contribution in [1.29, 1.82) is 0 Å². The molecule has 170 valence electrons. The van der Waals surface area contributed by atoms with Crippen LogP contribution in [0.25, 0.3) is 0 Å². The van der Waals surface area contributed by atoms with E-state index in [1.165, 1.54) is 36.4 Å². The van der Waals surface area contributed by atoms with E-state index in [0.717, 1.165) is 27.9 Å². The van der Waals surface area contributed by atoms with E-state index in [4.69, 9.17) is 0 Å². The maximum atomic E-state index is 13.4. The van der Waals surface area contributed by atoms with E-state index >= 15 is 0 Å². The fourth-order valence-corrected chi connectivity index (χ4v) is 4.37. The van der Waals surface area contributed by atoms with Crippen LogP contribution in [0.5, 0.6) is 0 Å². The van der Waals surface area contributed by atoms with Gasteiger partial charge in [-0.3, -0.25) is 9.10 Å². The van der Waals surface area contributed by atoms with Gasteiger partial charge in [0.15, 0.2) is 11.0 Å². The largest absolute Gasteiger partial charge is 0.325 e. The van der Waals surface area contributed by atoms with Crippen molar-refractivity contribution in [2.24, 2.45) is 7.05 Å². The van der Waals surface area contributed by atoms with E-state index in [1.807, 2.05) is 0 Å². The maximum Gasteiger partial charge on any atom is 0.234 e. The third-order valence-electron chi connectivity index (χ3n) is 4.53. The first kappa shape index (κ1) is 23.7. The number of amides is 1. The molecule has 12 heteroatoms. The number of hydrogen-bond donors (Lipinski definition) is 1. The van der Waals surface area contributed by atoms with Crippen molar-refractivity contribution in [3.63, 3.8) is 0 Å². The molecule has 0 atom stereocenters. The Morgan fingerprint density at radius 3 is 2.44 bits per heavy atom. The predicted octanol–water partition coefficient (Wildman–Crippen LogP) is 3.10. The van der Waals surface area contributed by atoms with Gasteiger partial charge in [-0.2, -0.15) is 0 Å². The quantitative estimate of drug-likeness (QED) is 0.497. The number of halogens is 2. The number of hydrogen-bond acceptors (Lipinski definition) is 6. The van der Waals surface area contributed by atoms with Gasteiger partial charge in [0, 0.05) is 12.7 Å². The number of aryl methyl sites for hydroxylation is 1. The lowest BCUT2D eigenvalue weighted by Gasteiger charge is -2.21. The van der Waals surface area contributed by atoms with Crippen LogP contribution in [-0.2, 0) is 28.4 Å². The first-order valence-electron chi connectivity index (χ1n) is 9.35. The highest BCUT2D eigenvalue weighted by molar-refractivity contribution is 7.99. The summed E-state index contributed by atoms with van der Waals surface area (Å²) in [5.74, 6) is -0.948. The highest BCUT2D eigenvalue weighted by atomic mass is 32.2. The number of carbonyl (C=O) groups is 1. The van der Waals surface area contributed by atoms with Crippen molar-refractivity contribution in [2.75, 3.05) is 21.6 Å². The third-order valence-corrected chi connectivity index (χ3v) is 6.69. The Bertz CT molecular complexity index is 1230. The first-order valence-corrected chi connectivity index (χ1v) is 12.2. The summed E-state index contributed by atoms with van der Waals surface area (Å²) < 4.78 is 53.8. The molecular formula is C20H21F2N5O3S2. The fraction of sp³-hybridized carbons (Fsp3) is 0.250. The molecule has 1 N–H and O–H groups in total. The van der Waals surface area contributed by atoms with E-state index in [2.05, 4.69) is 15.5 Å². The van der Waals surface area contributed by atoms with E-state index in [9.17, 15) is 22.0 Å². The van der Waals surface area contributed by atoms with Crippen molar-refractivity contribution in [3.05, 3.63) is 65.5 Å². The van der Waals surface area contributed by atoms with Gasteiger partial charge in [0.2, 0.25) is 15.9 Å². The summed E-state index contributed by atoms with van der Waals surface area (Å²) in [6.45, 7) is 1.63. The van der Waals surface area contributed by atoms with Crippen molar-refractivity contribution in [2.45, 2.75) is 18.6 Å². The molecule has 0 saturated carbocycles. The smallest absolute Gasteiger partial charge is 0.234 e. The van der Waals surface area contributed by atoms with Gasteiger partial charge in [-0.25, -0.2) is 17.2 Å². The summed E-state index contributed by atoms with van der Waals surface area (Å²) in [7, 11) is -2.03. The van der Waals surface area contributed by atoms with Crippen LogP contribution < -0.4 is 9.62 Å². The van der Waals surface area contributed by atoms with Gasteiger partial charge < -0.3 is 9.88 Å². The lowest BCUT2D eigenvalue weighted by molar-refractivity contribution is -0.113. The summed E-state index contributed by atoms with van der Waals surface area (Å²) >= 11 is 1.10. The number of benzene rings is 2. The van der Waals surface area contributed by atoms with Crippen molar-refractivity contribution >= 4 is 39.1 Å². The Balaban J connectivity index is 1.69. The second-order valence-corrected chi connectivity index (χ2v) is 9.85. The number of sulfonamides is 1. The standard InChI is InChI=1S/C20H21F2N5O3S2/c1-13-4-5-15(22)10-17(13)23-19(28)12-31-20-25-24-18(26(20)2)11-27(32(3,29)30)16-8-6-14(21)7-9-16/h4-10H,11-12H2,1-3H3,(H,23,28). The van der Waals surface area contributed by atoms with Crippen molar-refractivity contribution < 1.29 is 22.0 Å². The molecule has 0 aliphatic heterocycles. The lowest BCUT2D eigenvalue weighted by atomic mass is 10.2. The van der Waals surface area contributed by atoms with Crippen LogP contribution in [0.4, 0.5) is 20.2 Å². The summed E-state index contributed by atoms with van der Waals surface area (Å²) in [5, 5.41) is 11.1. The minimum atomic E-state index is -3.68. The minimum Gasteiger partial charge on any atom is -0.325 e. The van der Waals surface area contributed by atoms with E-state index in [1.54, 1.807) is 24.6 Å². The minimum absolute atomic E-state index is 0.00429. The maximum absolute atomic E-state index is 13.4. The zero-order valence-electron chi connectivity index (χ0n) is 17.5. The zero-order chi connectivity index (χ0) is 23.5. The molecular weight excluding hydrogens is 460 g/mol. The second kappa shape index (κ2) is 9.65. The molecule has 1 amide bonds.